The topological polar surface area (TPSA) is 116 Å². The molecule has 0 atom stereocenters. The first kappa shape index (κ1) is 28.2. The number of hydrogen-bond donors (Lipinski definition) is 1. The maximum absolute atomic E-state index is 12.7. The van der Waals surface area contributed by atoms with Crippen molar-refractivity contribution in [1.29, 1.82) is 0 Å². The van der Waals surface area contributed by atoms with Crippen molar-refractivity contribution in [3.8, 4) is 5.75 Å². The molecular formula is C25H31N5O5S2. The van der Waals surface area contributed by atoms with Gasteiger partial charge in [-0.2, -0.15) is 0 Å². The summed E-state index contributed by atoms with van der Waals surface area (Å²) < 4.78 is 12.5. The highest BCUT2D eigenvalue weighted by atomic mass is 32.2. The molecular weight excluding hydrogens is 514 g/mol. The molecule has 198 valence electrons. The van der Waals surface area contributed by atoms with Crippen LogP contribution in [0.1, 0.15) is 56.7 Å². The van der Waals surface area contributed by atoms with E-state index in [1.54, 1.807) is 32.6 Å². The average Bonchev–Trinajstić information content (AvgIpc) is 3.39. The Kier molecular flexibility index (Phi) is 9.33. The predicted octanol–water partition coefficient (Wildman–Crippen LogP) is 4.11. The van der Waals surface area contributed by atoms with Crippen molar-refractivity contribution >= 4 is 45.9 Å². The largest absolute Gasteiger partial charge is 0.486 e. The fraction of sp³-hybridized carbons (Fsp3) is 0.400. The van der Waals surface area contributed by atoms with Gasteiger partial charge >= 0.3 is 5.97 Å². The van der Waals surface area contributed by atoms with Crippen LogP contribution in [0.25, 0.3) is 0 Å². The smallest absolute Gasteiger partial charge is 0.341 e. The minimum Gasteiger partial charge on any atom is -0.486 e. The van der Waals surface area contributed by atoms with Crippen molar-refractivity contribution in [3.63, 3.8) is 0 Å². The lowest BCUT2D eigenvalue weighted by molar-refractivity contribution is -0.113. The first-order valence-corrected chi connectivity index (χ1v) is 13.3. The molecule has 1 N–H and O–H groups in total. The number of nitrogens with one attached hydrogen (secondary N) is 1. The Morgan fingerprint density at radius 3 is 2.43 bits per heavy atom. The van der Waals surface area contributed by atoms with Gasteiger partial charge in [-0.05, 0) is 36.1 Å². The fourth-order valence-corrected chi connectivity index (χ4v) is 5.31. The molecule has 2 heterocycles. The van der Waals surface area contributed by atoms with E-state index in [0.717, 1.165) is 17.1 Å². The second-order valence-corrected chi connectivity index (χ2v) is 10.7. The third-order valence-corrected chi connectivity index (χ3v) is 7.78. The SMILES string of the molecule is COC(=O)c1c(NC(=O)CSc2nnc(COc3ccc(C(C)C)cc3)n2C)sc(C(=O)N(C)C)c1C. The van der Waals surface area contributed by atoms with Crippen molar-refractivity contribution < 1.29 is 23.9 Å². The summed E-state index contributed by atoms with van der Waals surface area (Å²) in [6.45, 7) is 6.16. The number of ether oxygens (including phenoxy) is 2. The minimum atomic E-state index is -0.619. The second kappa shape index (κ2) is 12.2. The van der Waals surface area contributed by atoms with Crippen molar-refractivity contribution in [1.82, 2.24) is 19.7 Å². The lowest BCUT2D eigenvalue weighted by atomic mass is 10.0. The Morgan fingerprint density at radius 2 is 1.84 bits per heavy atom. The Bertz CT molecular complexity index is 1280. The Hall–Kier alpha value is -3.38. The summed E-state index contributed by atoms with van der Waals surface area (Å²) in [6.07, 6.45) is 0. The summed E-state index contributed by atoms with van der Waals surface area (Å²) in [6, 6.07) is 7.93. The van der Waals surface area contributed by atoms with Crippen molar-refractivity contribution in [2.24, 2.45) is 7.05 Å². The van der Waals surface area contributed by atoms with Gasteiger partial charge in [-0.15, -0.1) is 21.5 Å². The zero-order chi connectivity index (χ0) is 27.3. The summed E-state index contributed by atoms with van der Waals surface area (Å²) in [4.78, 5) is 39.4. The maximum Gasteiger partial charge on any atom is 0.341 e. The number of anilines is 1. The number of esters is 1. The van der Waals surface area contributed by atoms with Gasteiger partial charge in [-0.1, -0.05) is 37.7 Å². The number of thioether (sulfide) groups is 1. The van der Waals surface area contributed by atoms with Gasteiger partial charge in [0.25, 0.3) is 5.91 Å². The lowest BCUT2D eigenvalue weighted by Crippen LogP contribution is -2.21. The predicted molar refractivity (Wildman–Crippen MR) is 144 cm³/mol. The first-order chi connectivity index (χ1) is 17.5. The highest BCUT2D eigenvalue weighted by molar-refractivity contribution is 7.99. The van der Waals surface area contributed by atoms with Crippen molar-refractivity contribution in [2.75, 3.05) is 32.3 Å². The second-order valence-electron chi connectivity index (χ2n) is 8.76. The number of aromatic nitrogens is 3. The fourth-order valence-electron chi connectivity index (χ4n) is 3.34. The van der Waals surface area contributed by atoms with E-state index >= 15 is 0 Å². The molecule has 37 heavy (non-hydrogen) atoms. The van der Waals surface area contributed by atoms with E-state index in [0.29, 0.717) is 27.3 Å². The number of hydrogen-bond acceptors (Lipinski definition) is 9. The minimum absolute atomic E-state index is 0.0258. The van der Waals surface area contributed by atoms with Crippen LogP contribution in [-0.2, 0) is 23.2 Å². The van der Waals surface area contributed by atoms with E-state index in [9.17, 15) is 14.4 Å². The normalized spacial score (nSPS) is 10.9. The van der Waals surface area contributed by atoms with E-state index in [-0.39, 0.29) is 34.7 Å². The zero-order valence-corrected chi connectivity index (χ0v) is 23.6. The average molecular weight is 546 g/mol. The number of rotatable bonds is 10. The first-order valence-electron chi connectivity index (χ1n) is 11.5. The summed E-state index contributed by atoms with van der Waals surface area (Å²) in [7, 11) is 6.30. The van der Waals surface area contributed by atoms with E-state index in [1.165, 1.54) is 29.3 Å². The molecule has 2 aromatic heterocycles. The standard InChI is InChI=1S/C25H31N5O5S2/c1-14(2)16-8-10-17(11-9-16)35-12-18-27-28-25(30(18)6)36-13-19(31)26-22-20(24(33)34-7)15(3)21(37-22)23(32)29(4)5/h8-11,14H,12-13H2,1-7H3,(H,26,31). The van der Waals surface area contributed by atoms with Crippen LogP contribution in [0.3, 0.4) is 0 Å². The van der Waals surface area contributed by atoms with Crippen LogP contribution in [0.5, 0.6) is 5.75 Å². The number of nitrogens with zero attached hydrogens (tertiary/aromatic N) is 4. The molecule has 2 amide bonds. The highest BCUT2D eigenvalue weighted by Crippen LogP contribution is 2.34. The molecule has 3 aromatic rings. The molecule has 0 saturated heterocycles. The van der Waals surface area contributed by atoms with Gasteiger partial charge in [0.2, 0.25) is 5.91 Å². The van der Waals surface area contributed by atoms with Gasteiger partial charge in [0.15, 0.2) is 11.0 Å². The summed E-state index contributed by atoms with van der Waals surface area (Å²) in [5.41, 5.74) is 1.88. The molecule has 10 nitrogen and oxygen atoms in total. The van der Waals surface area contributed by atoms with Gasteiger partial charge in [0.1, 0.15) is 17.4 Å². The highest BCUT2D eigenvalue weighted by Gasteiger charge is 2.27. The summed E-state index contributed by atoms with van der Waals surface area (Å²) >= 11 is 2.25. The number of amides is 2. The summed E-state index contributed by atoms with van der Waals surface area (Å²) in [5, 5.41) is 11.9. The molecule has 12 heteroatoms. The molecule has 1 aromatic carbocycles. The Morgan fingerprint density at radius 1 is 1.16 bits per heavy atom. The maximum atomic E-state index is 12.7. The van der Waals surface area contributed by atoms with Gasteiger partial charge in [-0.25, -0.2) is 4.79 Å². The van der Waals surface area contributed by atoms with E-state index in [1.807, 2.05) is 24.3 Å². The molecule has 0 aliphatic carbocycles. The number of thiophene rings is 1. The Balaban J connectivity index is 1.63. The molecule has 0 aliphatic rings. The van der Waals surface area contributed by atoms with Crippen LogP contribution < -0.4 is 10.1 Å². The third-order valence-electron chi connectivity index (χ3n) is 5.56. The van der Waals surface area contributed by atoms with Crippen LogP contribution in [0.4, 0.5) is 5.00 Å². The third kappa shape index (κ3) is 6.69. The molecule has 0 radical (unpaired) electrons. The monoisotopic (exact) mass is 545 g/mol. The van der Waals surface area contributed by atoms with Crippen LogP contribution in [0.15, 0.2) is 29.4 Å². The van der Waals surface area contributed by atoms with Crippen LogP contribution in [0, 0.1) is 6.92 Å². The molecule has 0 fully saturated rings. The van der Waals surface area contributed by atoms with Crippen LogP contribution in [0.2, 0.25) is 0 Å². The van der Waals surface area contributed by atoms with E-state index in [4.69, 9.17) is 9.47 Å². The zero-order valence-electron chi connectivity index (χ0n) is 21.9. The number of methoxy groups -OCH3 is 1. The quantitative estimate of drug-likeness (QED) is 0.299. The molecule has 0 bridgehead atoms. The van der Waals surface area contributed by atoms with Crippen molar-refractivity contribution in [2.45, 2.75) is 38.5 Å². The van der Waals surface area contributed by atoms with Crippen LogP contribution in [-0.4, -0.2) is 64.4 Å². The number of carbonyl (C=O) groups excluding carboxylic acids is 3. The number of carbonyl (C=O) groups is 3. The lowest BCUT2D eigenvalue weighted by Gasteiger charge is -2.09. The Labute approximate surface area is 224 Å². The van der Waals surface area contributed by atoms with Gasteiger partial charge in [-0.3, -0.25) is 9.59 Å². The van der Waals surface area contributed by atoms with Gasteiger partial charge < -0.3 is 24.3 Å². The van der Waals surface area contributed by atoms with Crippen LogP contribution >= 0.6 is 23.1 Å². The number of benzene rings is 1. The molecule has 0 unspecified atom stereocenters. The molecule has 0 aliphatic heterocycles. The van der Waals surface area contributed by atoms with E-state index in [2.05, 4.69) is 29.4 Å². The van der Waals surface area contributed by atoms with Gasteiger partial charge in [0.05, 0.1) is 23.3 Å². The molecule has 0 spiro atoms. The molecule has 0 saturated carbocycles. The summed E-state index contributed by atoms with van der Waals surface area (Å²) in [5.74, 6) is 0.594. The molecule has 3 rings (SSSR count). The van der Waals surface area contributed by atoms with Crippen molar-refractivity contribution in [3.05, 3.63) is 51.7 Å². The van der Waals surface area contributed by atoms with Gasteiger partial charge in [0, 0.05) is 21.1 Å². The van der Waals surface area contributed by atoms with E-state index < -0.39 is 5.97 Å².